The normalized spacial score (nSPS) is 13.2. The molecule has 0 atom stereocenters. The number of imide groups is 2. The number of hydrogen-bond acceptors (Lipinski definition) is 9. The van der Waals surface area contributed by atoms with Crippen LogP contribution in [0.15, 0.2) is 102 Å². The predicted molar refractivity (Wildman–Crippen MR) is 173 cm³/mol. The number of fused-ring (bicyclic) bond motifs is 1. The maximum atomic E-state index is 12.2. The summed E-state index contributed by atoms with van der Waals surface area (Å²) in [5.41, 5.74) is 3.68. The molecule has 11 heteroatoms. The second-order valence-corrected chi connectivity index (χ2v) is 9.50. The maximum absolute atomic E-state index is 12.2. The summed E-state index contributed by atoms with van der Waals surface area (Å²) in [6.45, 7) is 7.87. The number of carbonyl (C=O) groups excluding carboxylic acids is 4. The van der Waals surface area contributed by atoms with Crippen LogP contribution in [0.2, 0.25) is 0 Å². The van der Waals surface area contributed by atoms with E-state index < -0.39 is 0 Å². The summed E-state index contributed by atoms with van der Waals surface area (Å²) in [7, 11) is 3.76. The summed E-state index contributed by atoms with van der Waals surface area (Å²) >= 11 is 0. The summed E-state index contributed by atoms with van der Waals surface area (Å²) in [5.74, 6) is -1.23. The molecule has 3 aromatic rings. The third-order valence-corrected chi connectivity index (χ3v) is 5.63. The number of ether oxygens (including phenoxy) is 1. The standard InChI is InChI=1S/C14H10N2O2.C10H7NO2.C8H16N2O.C2H3N/c1-9-7-11-12(15-8-9)14(18)16(13(11)17)10-5-3-2-4-6-10;12-9-6-7-10(13)11(9)8-4-2-1-3-5-8;1-5-11-7-8(2)6-9-10(3)4;1-2-3/h2-8H,1H3;1-7H;6-7H,5H2,1-4H3;1H3/b;;8-7+,9-6+;. The number of para-hydroxylation sites is 2. The topological polar surface area (TPSA) is 136 Å². The fraction of sp³-hybridized carbons (Fsp3) is 0.206. The first-order chi connectivity index (χ1) is 21.5. The van der Waals surface area contributed by atoms with Gasteiger partial charge in [0.15, 0.2) is 0 Å². The fourth-order valence-electron chi connectivity index (χ4n) is 3.72. The van der Waals surface area contributed by atoms with E-state index in [0.29, 0.717) is 23.5 Å². The Bertz CT molecular complexity index is 1590. The van der Waals surface area contributed by atoms with Crippen molar-refractivity contribution in [1.82, 2.24) is 9.99 Å². The van der Waals surface area contributed by atoms with E-state index >= 15 is 0 Å². The molecule has 0 fully saturated rings. The van der Waals surface area contributed by atoms with Crippen LogP contribution in [0, 0.1) is 18.3 Å². The van der Waals surface area contributed by atoms with Gasteiger partial charge in [0.2, 0.25) is 0 Å². The number of nitrogens with zero attached hydrogens (tertiary/aromatic N) is 6. The molecule has 0 saturated carbocycles. The summed E-state index contributed by atoms with van der Waals surface area (Å²) in [5, 5.41) is 13.1. The van der Waals surface area contributed by atoms with Gasteiger partial charge in [0, 0.05) is 44.9 Å². The molecule has 4 amide bonds. The van der Waals surface area contributed by atoms with Crippen LogP contribution in [0.3, 0.4) is 0 Å². The van der Waals surface area contributed by atoms with Crippen molar-refractivity contribution in [2.24, 2.45) is 5.10 Å². The number of aromatic nitrogens is 1. The predicted octanol–water partition coefficient (Wildman–Crippen LogP) is 5.31. The van der Waals surface area contributed by atoms with Crippen LogP contribution in [-0.4, -0.2) is 60.5 Å². The van der Waals surface area contributed by atoms with Gasteiger partial charge in [-0.2, -0.15) is 10.4 Å². The van der Waals surface area contributed by atoms with Crippen LogP contribution in [0.5, 0.6) is 0 Å². The summed E-state index contributed by atoms with van der Waals surface area (Å²) in [4.78, 5) is 53.1. The van der Waals surface area contributed by atoms with Crippen LogP contribution in [0.1, 0.15) is 47.2 Å². The zero-order valence-electron chi connectivity index (χ0n) is 26.2. The molecule has 11 nitrogen and oxygen atoms in total. The number of aryl methyl sites for hydroxylation is 1. The molecule has 2 aliphatic heterocycles. The van der Waals surface area contributed by atoms with Gasteiger partial charge >= 0.3 is 0 Å². The van der Waals surface area contributed by atoms with Gasteiger partial charge < -0.3 is 9.75 Å². The van der Waals surface area contributed by atoms with Gasteiger partial charge in [0.25, 0.3) is 23.6 Å². The summed E-state index contributed by atoms with van der Waals surface area (Å²) in [6, 6.07) is 21.2. The van der Waals surface area contributed by atoms with Crippen molar-refractivity contribution in [3.63, 3.8) is 0 Å². The van der Waals surface area contributed by atoms with E-state index in [9.17, 15) is 19.2 Å². The van der Waals surface area contributed by atoms with Gasteiger partial charge in [0.1, 0.15) is 5.69 Å². The maximum Gasteiger partial charge on any atom is 0.284 e. The van der Waals surface area contributed by atoms with Gasteiger partial charge in [-0.15, -0.1) is 0 Å². The first-order valence-corrected chi connectivity index (χ1v) is 13.9. The van der Waals surface area contributed by atoms with Crippen LogP contribution >= 0.6 is 0 Å². The lowest BCUT2D eigenvalue weighted by Crippen LogP contribution is -2.29. The molecular weight excluding hydrogens is 572 g/mol. The third-order valence-electron chi connectivity index (χ3n) is 5.63. The smallest absolute Gasteiger partial charge is 0.284 e. The molecule has 3 heterocycles. The van der Waals surface area contributed by atoms with Gasteiger partial charge in [-0.1, -0.05) is 36.4 Å². The Morgan fingerprint density at radius 2 is 1.44 bits per heavy atom. The Morgan fingerprint density at radius 3 is 1.93 bits per heavy atom. The molecule has 0 bridgehead atoms. The van der Waals surface area contributed by atoms with Crippen LogP contribution in [0.25, 0.3) is 0 Å². The molecule has 45 heavy (non-hydrogen) atoms. The number of hydrazone groups is 1. The molecule has 0 N–H and O–H groups in total. The number of allylic oxidation sites excluding steroid dienone is 1. The minimum atomic E-state index is -0.360. The Hall–Kier alpha value is -5.89. The Morgan fingerprint density at radius 1 is 0.933 bits per heavy atom. The number of nitriles is 1. The number of anilines is 2. The highest BCUT2D eigenvalue weighted by atomic mass is 16.5. The van der Waals surface area contributed by atoms with E-state index in [0.717, 1.165) is 20.9 Å². The largest absolute Gasteiger partial charge is 0.501 e. The molecule has 0 spiro atoms. The van der Waals surface area contributed by atoms with E-state index in [1.165, 1.54) is 19.1 Å². The van der Waals surface area contributed by atoms with Crippen molar-refractivity contribution in [1.29, 1.82) is 5.26 Å². The lowest BCUT2D eigenvalue weighted by atomic mass is 10.2. The van der Waals surface area contributed by atoms with Crippen LogP contribution in [-0.2, 0) is 14.3 Å². The number of amides is 4. The van der Waals surface area contributed by atoms with Crippen molar-refractivity contribution in [2.45, 2.75) is 27.7 Å². The van der Waals surface area contributed by atoms with Crippen molar-refractivity contribution in [3.8, 4) is 6.07 Å². The average Bonchev–Trinajstić information content (AvgIpc) is 3.50. The highest BCUT2D eigenvalue weighted by Crippen LogP contribution is 2.27. The SMILES string of the molecule is CC#N.CCO/C=C(C)/C=N/N(C)C.Cc1cnc2c(c1)C(=O)N(c1ccccc1)C2=O.O=C1C=CC(=O)N1c1ccccc1. The Balaban J connectivity index is 0.000000233. The fourth-order valence-corrected chi connectivity index (χ4v) is 3.72. The lowest BCUT2D eigenvalue weighted by Gasteiger charge is -2.12. The molecular formula is C34H36N6O5. The molecule has 232 valence electrons. The zero-order chi connectivity index (χ0) is 33.4. The van der Waals surface area contributed by atoms with Gasteiger partial charge in [-0.3, -0.25) is 19.2 Å². The van der Waals surface area contributed by atoms with Crippen LogP contribution in [0.4, 0.5) is 11.4 Å². The molecule has 2 aliphatic rings. The number of rotatable bonds is 6. The van der Waals surface area contributed by atoms with E-state index in [1.807, 2.05) is 47.0 Å². The van der Waals surface area contributed by atoms with Crippen molar-refractivity contribution >= 4 is 41.2 Å². The van der Waals surface area contributed by atoms with E-state index in [1.54, 1.807) is 84.3 Å². The molecule has 0 aliphatic carbocycles. The van der Waals surface area contributed by atoms with Crippen LogP contribution < -0.4 is 9.80 Å². The number of hydrogen-bond donors (Lipinski definition) is 0. The molecule has 0 unspecified atom stereocenters. The lowest BCUT2D eigenvalue weighted by molar-refractivity contribution is -0.120. The van der Waals surface area contributed by atoms with E-state index in [4.69, 9.17) is 10.00 Å². The highest BCUT2D eigenvalue weighted by Gasteiger charge is 2.37. The number of pyridine rings is 1. The minimum absolute atomic E-state index is 0.231. The monoisotopic (exact) mass is 608 g/mol. The number of benzene rings is 2. The molecule has 0 radical (unpaired) electrons. The Kier molecular flexibility index (Phi) is 14.1. The van der Waals surface area contributed by atoms with Crippen molar-refractivity contribution < 1.29 is 23.9 Å². The second kappa shape index (κ2) is 17.9. The zero-order valence-corrected chi connectivity index (χ0v) is 26.2. The first kappa shape index (κ1) is 35.3. The van der Waals surface area contributed by atoms with E-state index in [-0.39, 0.29) is 29.3 Å². The van der Waals surface area contributed by atoms with Gasteiger partial charge in [-0.05, 0) is 56.7 Å². The third kappa shape index (κ3) is 10.4. The number of carbonyl (C=O) groups is 4. The molecule has 2 aromatic carbocycles. The molecule has 1 aromatic heterocycles. The first-order valence-electron chi connectivity index (χ1n) is 13.9. The van der Waals surface area contributed by atoms with Crippen molar-refractivity contribution in [3.05, 3.63) is 114 Å². The minimum Gasteiger partial charge on any atom is -0.501 e. The molecule has 5 rings (SSSR count). The summed E-state index contributed by atoms with van der Waals surface area (Å²) < 4.78 is 5.06. The van der Waals surface area contributed by atoms with Crippen molar-refractivity contribution in [2.75, 3.05) is 30.5 Å². The second-order valence-electron chi connectivity index (χ2n) is 9.50. The summed E-state index contributed by atoms with van der Waals surface area (Å²) in [6.07, 6.45) is 7.60. The van der Waals surface area contributed by atoms with E-state index in [2.05, 4.69) is 10.1 Å². The van der Waals surface area contributed by atoms with Gasteiger partial charge in [-0.25, -0.2) is 14.8 Å². The average molecular weight is 609 g/mol. The highest BCUT2D eigenvalue weighted by molar-refractivity contribution is 6.33. The van der Waals surface area contributed by atoms with Gasteiger partial charge in [0.05, 0.1) is 42.1 Å². The quantitative estimate of drug-likeness (QED) is 0.159. The molecule has 0 saturated heterocycles. The Labute approximate surface area is 263 Å².